The lowest BCUT2D eigenvalue weighted by atomic mass is 10.1. The first-order valence-corrected chi connectivity index (χ1v) is 6.73. The third-order valence-corrected chi connectivity index (χ3v) is 3.17. The summed E-state index contributed by atoms with van der Waals surface area (Å²) in [5.41, 5.74) is 3.62. The first kappa shape index (κ1) is 13.4. The molecule has 0 bridgehead atoms. The van der Waals surface area contributed by atoms with Gasteiger partial charge in [0.1, 0.15) is 12.4 Å². The lowest BCUT2D eigenvalue weighted by Gasteiger charge is -2.14. The minimum Gasteiger partial charge on any atom is -0.487 e. The highest BCUT2D eigenvalue weighted by molar-refractivity contribution is 6.29. The average Bonchev–Trinajstić information content (AvgIpc) is 3.08. The number of hydrogen-bond acceptors (Lipinski definition) is 2. The van der Waals surface area contributed by atoms with Crippen molar-refractivity contribution in [2.45, 2.75) is 39.3 Å². The maximum atomic E-state index is 5.73. The summed E-state index contributed by atoms with van der Waals surface area (Å²) < 4.78 is 5.67. The van der Waals surface area contributed by atoms with Crippen LogP contribution in [-0.2, 0) is 6.54 Å². The van der Waals surface area contributed by atoms with Gasteiger partial charge < -0.3 is 10.1 Å². The van der Waals surface area contributed by atoms with Gasteiger partial charge in [0, 0.05) is 17.6 Å². The highest BCUT2D eigenvalue weighted by Crippen LogP contribution is 2.26. The Morgan fingerprint density at radius 2 is 2.00 bits per heavy atom. The number of benzene rings is 1. The van der Waals surface area contributed by atoms with E-state index < -0.39 is 0 Å². The molecule has 0 heterocycles. The van der Waals surface area contributed by atoms with Crippen molar-refractivity contribution >= 4 is 11.6 Å². The van der Waals surface area contributed by atoms with Crippen LogP contribution in [0.1, 0.15) is 29.5 Å². The summed E-state index contributed by atoms with van der Waals surface area (Å²) in [7, 11) is 0. The van der Waals surface area contributed by atoms with Crippen LogP contribution in [-0.4, -0.2) is 12.6 Å². The van der Waals surface area contributed by atoms with Crippen molar-refractivity contribution < 1.29 is 4.74 Å². The van der Waals surface area contributed by atoms with E-state index in [2.05, 4.69) is 37.9 Å². The molecule has 98 valence electrons. The van der Waals surface area contributed by atoms with E-state index in [1.54, 1.807) is 0 Å². The van der Waals surface area contributed by atoms with Crippen LogP contribution in [0.15, 0.2) is 23.7 Å². The molecule has 1 aliphatic carbocycles. The summed E-state index contributed by atoms with van der Waals surface area (Å²) in [6.07, 6.45) is 2.63. The SMILES string of the molecule is C=C(Cl)COc1c(C)cc(CNC2CC2)cc1C. The normalized spacial score (nSPS) is 14.6. The number of ether oxygens (including phenoxy) is 1. The van der Waals surface area contributed by atoms with E-state index in [1.807, 2.05) is 0 Å². The first-order valence-electron chi connectivity index (χ1n) is 6.36. The highest BCUT2D eigenvalue weighted by Gasteiger charge is 2.20. The van der Waals surface area contributed by atoms with Crippen LogP contribution in [0, 0.1) is 13.8 Å². The molecular formula is C15H20ClNO. The van der Waals surface area contributed by atoms with Crippen LogP contribution in [0.2, 0.25) is 0 Å². The topological polar surface area (TPSA) is 21.3 Å². The van der Waals surface area contributed by atoms with Gasteiger partial charge >= 0.3 is 0 Å². The van der Waals surface area contributed by atoms with Crippen LogP contribution in [0.25, 0.3) is 0 Å². The Morgan fingerprint density at radius 1 is 1.39 bits per heavy atom. The largest absolute Gasteiger partial charge is 0.487 e. The Balaban J connectivity index is 2.04. The summed E-state index contributed by atoms with van der Waals surface area (Å²) in [5, 5.41) is 4.04. The molecule has 1 aromatic rings. The zero-order chi connectivity index (χ0) is 13.1. The van der Waals surface area contributed by atoms with Gasteiger partial charge in [0.05, 0.1) is 0 Å². The average molecular weight is 266 g/mol. The number of hydrogen-bond donors (Lipinski definition) is 1. The molecule has 1 saturated carbocycles. The molecule has 0 aromatic heterocycles. The van der Waals surface area contributed by atoms with Crippen molar-refractivity contribution in [3.8, 4) is 5.75 Å². The van der Waals surface area contributed by atoms with Crippen molar-refractivity contribution in [2.24, 2.45) is 0 Å². The molecular weight excluding hydrogens is 246 g/mol. The van der Waals surface area contributed by atoms with E-state index >= 15 is 0 Å². The van der Waals surface area contributed by atoms with Gasteiger partial charge in [-0.2, -0.15) is 0 Å². The molecule has 0 radical (unpaired) electrons. The van der Waals surface area contributed by atoms with E-state index in [1.165, 1.54) is 18.4 Å². The minimum absolute atomic E-state index is 0.364. The van der Waals surface area contributed by atoms with E-state index in [-0.39, 0.29) is 0 Å². The second-order valence-electron chi connectivity index (χ2n) is 5.02. The molecule has 2 nitrogen and oxygen atoms in total. The molecule has 0 aliphatic heterocycles. The predicted octanol–water partition coefficient (Wildman–Crippen LogP) is 3.69. The molecule has 1 fully saturated rings. The van der Waals surface area contributed by atoms with Crippen LogP contribution in [0.5, 0.6) is 5.75 Å². The third kappa shape index (κ3) is 3.76. The Labute approximate surface area is 114 Å². The van der Waals surface area contributed by atoms with Crippen molar-refractivity contribution in [1.29, 1.82) is 0 Å². The van der Waals surface area contributed by atoms with Gasteiger partial charge in [-0.1, -0.05) is 30.3 Å². The van der Waals surface area contributed by atoms with Crippen LogP contribution >= 0.6 is 11.6 Å². The molecule has 0 atom stereocenters. The Morgan fingerprint density at radius 3 is 2.50 bits per heavy atom. The molecule has 3 heteroatoms. The Kier molecular flexibility index (Phi) is 4.31. The molecule has 18 heavy (non-hydrogen) atoms. The number of halogens is 1. The smallest absolute Gasteiger partial charge is 0.125 e. The molecule has 1 aliphatic rings. The van der Waals surface area contributed by atoms with E-state index in [4.69, 9.17) is 16.3 Å². The van der Waals surface area contributed by atoms with Crippen LogP contribution in [0.4, 0.5) is 0 Å². The second-order valence-corrected chi connectivity index (χ2v) is 5.55. The summed E-state index contributed by atoms with van der Waals surface area (Å²) in [6, 6.07) is 5.09. The van der Waals surface area contributed by atoms with Gasteiger partial charge in [0.25, 0.3) is 0 Å². The molecule has 0 amide bonds. The van der Waals surface area contributed by atoms with Crippen LogP contribution < -0.4 is 10.1 Å². The van der Waals surface area contributed by atoms with Gasteiger partial charge in [-0.15, -0.1) is 0 Å². The minimum atomic E-state index is 0.364. The quantitative estimate of drug-likeness (QED) is 0.847. The van der Waals surface area contributed by atoms with E-state index in [0.717, 1.165) is 29.5 Å². The summed E-state index contributed by atoms with van der Waals surface area (Å²) >= 11 is 5.73. The zero-order valence-electron chi connectivity index (χ0n) is 11.1. The van der Waals surface area contributed by atoms with Gasteiger partial charge in [-0.25, -0.2) is 0 Å². The van der Waals surface area contributed by atoms with E-state index in [0.29, 0.717) is 11.6 Å². The predicted molar refractivity (Wildman–Crippen MR) is 76.3 cm³/mol. The fraction of sp³-hybridized carbons (Fsp3) is 0.467. The van der Waals surface area contributed by atoms with Gasteiger partial charge in [-0.05, 0) is 43.4 Å². The lowest BCUT2D eigenvalue weighted by molar-refractivity contribution is 0.354. The standard InChI is InChI=1S/C15H20ClNO/c1-10-6-13(8-17-14-4-5-14)7-11(2)15(10)18-9-12(3)16/h6-7,14,17H,3-5,8-9H2,1-2H3. The molecule has 0 saturated heterocycles. The van der Waals surface area contributed by atoms with Crippen molar-refractivity contribution in [2.75, 3.05) is 6.61 Å². The van der Waals surface area contributed by atoms with Crippen molar-refractivity contribution in [1.82, 2.24) is 5.32 Å². The number of rotatable bonds is 6. The highest BCUT2D eigenvalue weighted by atomic mass is 35.5. The molecule has 1 aromatic carbocycles. The Hall–Kier alpha value is -0.990. The number of nitrogens with one attached hydrogen (secondary N) is 1. The van der Waals surface area contributed by atoms with Gasteiger partial charge in [0.15, 0.2) is 0 Å². The fourth-order valence-corrected chi connectivity index (χ4v) is 2.12. The van der Waals surface area contributed by atoms with Gasteiger partial charge in [0.2, 0.25) is 0 Å². The summed E-state index contributed by atoms with van der Waals surface area (Å²) in [4.78, 5) is 0. The van der Waals surface area contributed by atoms with Crippen LogP contribution in [0.3, 0.4) is 0 Å². The maximum Gasteiger partial charge on any atom is 0.125 e. The summed E-state index contributed by atoms with van der Waals surface area (Å²) in [5.74, 6) is 0.923. The summed E-state index contributed by atoms with van der Waals surface area (Å²) in [6.45, 7) is 9.08. The molecule has 0 spiro atoms. The monoisotopic (exact) mass is 265 g/mol. The van der Waals surface area contributed by atoms with E-state index in [9.17, 15) is 0 Å². The first-order chi connectivity index (χ1) is 8.56. The molecule has 1 N–H and O–H groups in total. The van der Waals surface area contributed by atoms with Crippen molar-refractivity contribution in [3.05, 3.63) is 40.4 Å². The zero-order valence-corrected chi connectivity index (χ0v) is 11.8. The van der Waals surface area contributed by atoms with Crippen molar-refractivity contribution in [3.63, 3.8) is 0 Å². The Bertz CT molecular complexity index is 429. The van der Waals surface area contributed by atoms with Gasteiger partial charge in [-0.3, -0.25) is 0 Å². The number of aryl methyl sites for hydroxylation is 2. The third-order valence-electron chi connectivity index (χ3n) is 3.07. The fourth-order valence-electron chi connectivity index (χ4n) is 2.07. The maximum absolute atomic E-state index is 5.73. The second kappa shape index (κ2) is 5.77. The lowest BCUT2D eigenvalue weighted by Crippen LogP contribution is -2.15. The molecule has 2 rings (SSSR count). The molecule has 0 unspecified atom stereocenters.